The van der Waals surface area contributed by atoms with Crippen LogP contribution in [0.5, 0.6) is 0 Å². The van der Waals surface area contributed by atoms with Gasteiger partial charge in [0.2, 0.25) is 0 Å². The topological polar surface area (TPSA) is 46.0 Å². The van der Waals surface area contributed by atoms with Crippen LogP contribution in [0.25, 0.3) is 0 Å². The highest BCUT2D eigenvalue weighted by molar-refractivity contribution is 5.05. The van der Waals surface area contributed by atoms with Crippen LogP contribution in [0.1, 0.15) is 19.5 Å². The zero-order chi connectivity index (χ0) is 7.61. The lowest BCUT2D eigenvalue weighted by Gasteiger charge is -2.14. The van der Waals surface area contributed by atoms with Gasteiger partial charge in [-0.15, -0.1) is 0 Å². The van der Waals surface area contributed by atoms with Crippen LogP contribution < -0.4 is 0 Å². The average molecular weight is 137 g/mol. The average Bonchev–Trinajstić information content (AvgIpc) is 1.88. The molecule has 1 rings (SSSR count). The second-order valence-corrected chi connectivity index (χ2v) is 2.60. The van der Waals surface area contributed by atoms with E-state index in [9.17, 15) is 5.11 Å². The maximum atomic E-state index is 9.38. The minimum absolute atomic E-state index is 0.586. The summed E-state index contributed by atoms with van der Waals surface area (Å²) in [7, 11) is 0. The lowest BCUT2D eigenvalue weighted by Crippen LogP contribution is -2.17. The Morgan fingerprint density at radius 1 is 1.60 bits per heavy atom. The van der Waals surface area contributed by atoms with Gasteiger partial charge in [0.15, 0.2) is 6.33 Å². The largest absolute Gasteiger partial charge is 0.384 e. The Morgan fingerprint density at radius 2 is 2.30 bits per heavy atom. The Morgan fingerprint density at radius 3 is 2.60 bits per heavy atom. The summed E-state index contributed by atoms with van der Waals surface area (Å²) in [6.45, 7) is 3.34. The fourth-order valence-corrected chi connectivity index (χ4v) is 0.602. The molecule has 0 saturated carbocycles. The minimum atomic E-state index is -0.889. The molecule has 0 aliphatic rings. The van der Waals surface area contributed by atoms with Crippen molar-refractivity contribution in [1.82, 2.24) is 9.97 Å². The van der Waals surface area contributed by atoms with E-state index in [2.05, 4.69) is 16.3 Å². The normalized spacial score (nSPS) is 11.5. The predicted molar refractivity (Wildman–Crippen MR) is 36.1 cm³/mol. The SMILES string of the molecule is CC(C)(O)c1ccn[c]n1. The summed E-state index contributed by atoms with van der Waals surface area (Å²) in [4.78, 5) is 7.38. The molecule has 53 valence electrons. The summed E-state index contributed by atoms with van der Waals surface area (Å²) in [6, 6.07) is 1.66. The van der Waals surface area contributed by atoms with Crippen LogP contribution >= 0.6 is 0 Å². The van der Waals surface area contributed by atoms with Gasteiger partial charge in [0.05, 0.1) is 5.69 Å². The van der Waals surface area contributed by atoms with Crippen molar-refractivity contribution in [1.29, 1.82) is 0 Å². The molecule has 1 aromatic heterocycles. The third-order valence-electron chi connectivity index (χ3n) is 1.16. The van der Waals surface area contributed by atoms with Gasteiger partial charge >= 0.3 is 0 Å². The van der Waals surface area contributed by atoms with E-state index in [0.717, 1.165) is 0 Å². The zero-order valence-electron chi connectivity index (χ0n) is 6.00. The molecule has 1 N–H and O–H groups in total. The van der Waals surface area contributed by atoms with Crippen molar-refractivity contribution in [2.75, 3.05) is 0 Å². The highest BCUT2D eigenvalue weighted by atomic mass is 16.3. The van der Waals surface area contributed by atoms with Crippen LogP contribution in [0.15, 0.2) is 12.3 Å². The number of aromatic nitrogens is 2. The molecule has 3 nitrogen and oxygen atoms in total. The lowest BCUT2D eigenvalue weighted by molar-refractivity contribution is 0.0736. The fourth-order valence-electron chi connectivity index (χ4n) is 0.602. The summed E-state index contributed by atoms with van der Waals surface area (Å²) in [5.41, 5.74) is -0.304. The van der Waals surface area contributed by atoms with E-state index < -0.39 is 5.60 Å². The van der Waals surface area contributed by atoms with Gasteiger partial charge in [-0.1, -0.05) is 0 Å². The van der Waals surface area contributed by atoms with Crippen LogP contribution in [0, 0.1) is 6.33 Å². The Hall–Kier alpha value is -0.960. The summed E-state index contributed by atoms with van der Waals surface area (Å²) in [5.74, 6) is 0. The molecule has 0 aliphatic carbocycles. The summed E-state index contributed by atoms with van der Waals surface area (Å²) in [5, 5.41) is 9.38. The van der Waals surface area contributed by atoms with Crippen LogP contribution in [0.2, 0.25) is 0 Å². The van der Waals surface area contributed by atoms with Gasteiger partial charge in [0.1, 0.15) is 5.60 Å². The van der Waals surface area contributed by atoms with Gasteiger partial charge in [-0.3, -0.25) is 0 Å². The highest BCUT2D eigenvalue weighted by Crippen LogP contribution is 2.14. The maximum absolute atomic E-state index is 9.38. The van der Waals surface area contributed by atoms with E-state index in [1.165, 1.54) is 0 Å². The number of hydrogen-bond donors (Lipinski definition) is 1. The number of hydrogen-bond acceptors (Lipinski definition) is 3. The molecule has 1 radical (unpaired) electrons. The molecule has 0 amide bonds. The highest BCUT2D eigenvalue weighted by Gasteiger charge is 2.16. The summed E-state index contributed by atoms with van der Waals surface area (Å²) in [6.07, 6.45) is 3.96. The van der Waals surface area contributed by atoms with Crippen LogP contribution in [0.3, 0.4) is 0 Å². The molecule has 0 aliphatic heterocycles. The van der Waals surface area contributed by atoms with Gasteiger partial charge in [-0.2, -0.15) is 0 Å². The van der Waals surface area contributed by atoms with Crippen molar-refractivity contribution in [3.8, 4) is 0 Å². The molecule has 0 fully saturated rings. The Bertz CT molecular complexity index is 203. The molecule has 0 spiro atoms. The van der Waals surface area contributed by atoms with Gasteiger partial charge < -0.3 is 5.11 Å². The molecule has 0 atom stereocenters. The maximum Gasteiger partial charge on any atom is 0.198 e. The van der Waals surface area contributed by atoms with Crippen molar-refractivity contribution in [2.24, 2.45) is 0 Å². The van der Waals surface area contributed by atoms with Crippen LogP contribution in [0.4, 0.5) is 0 Å². The zero-order valence-corrected chi connectivity index (χ0v) is 6.00. The molecular formula is C7H9N2O. The van der Waals surface area contributed by atoms with E-state index in [1.54, 1.807) is 26.1 Å². The monoisotopic (exact) mass is 137 g/mol. The molecule has 1 heterocycles. The smallest absolute Gasteiger partial charge is 0.198 e. The first-order valence-electron chi connectivity index (χ1n) is 3.02. The molecular weight excluding hydrogens is 128 g/mol. The minimum Gasteiger partial charge on any atom is -0.384 e. The van der Waals surface area contributed by atoms with E-state index in [1.807, 2.05) is 0 Å². The van der Waals surface area contributed by atoms with Crippen molar-refractivity contribution in [3.63, 3.8) is 0 Å². The predicted octanol–water partition coefficient (Wildman–Crippen LogP) is 0.504. The number of aliphatic hydroxyl groups is 1. The van der Waals surface area contributed by atoms with Crippen molar-refractivity contribution in [2.45, 2.75) is 19.4 Å². The van der Waals surface area contributed by atoms with E-state index >= 15 is 0 Å². The van der Waals surface area contributed by atoms with Gasteiger partial charge in [-0.05, 0) is 19.9 Å². The van der Waals surface area contributed by atoms with Crippen molar-refractivity contribution < 1.29 is 5.11 Å². The summed E-state index contributed by atoms with van der Waals surface area (Å²) < 4.78 is 0. The molecule has 0 aromatic carbocycles. The van der Waals surface area contributed by atoms with Crippen molar-refractivity contribution in [3.05, 3.63) is 24.3 Å². The third-order valence-corrected chi connectivity index (χ3v) is 1.16. The molecule has 3 heteroatoms. The van der Waals surface area contributed by atoms with Gasteiger partial charge in [-0.25, -0.2) is 9.97 Å². The van der Waals surface area contributed by atoms with Gasteiger partial charge in [0, 0.05) is 6.20 Å². The van der Waals surface area contributed by atoms with E-state index in [0.29, 0.717) is 5.69 Å². The molecule has 1 aromatic rings. The Labute approximate surface area is 59.8 Å². The summed E-state index contributed by atoms with van der Waals surface area (Å²) >= 11 is 0. The first-order valence-corrected chi connectivity index (χ1v) is 3.02. The van der Waals surface area contributed by atoms with E-state index in [-0.39, 0.29) is 0 Å². The fraction of sp³-hybridized carbons (Fsp3) is 0.429. The van der Waals surface area contributed by atoms with Crippen molar-refractivity contribution >= 4 is 0 Å². The first kappa shape index (κ1) is 7.15. The Balaban J connectivity index is 2.97. The molecule has 10 heavy (non-hydrogen) atoms. The molecule has 0 unspecified atom stereocenters. The van der Waals surface area contributed by atoms with E-state index in [4.69, 9.17) is 0 Å². The van der Waals surface area contributed by atoms with Crippen LogP contribution in [-0.2, 0) is 5.60 Å². The quantitative estimate of drug-likeness (QED) is 0.613. The number of nitrogens with zero attached hydrogens (tertiary/aromatic N) is 2. The van der Waals surface area contributed by atoms with Crippen LogP contribution in [-0.4, -0.2) is 15.1 Å². The molecule has 0 bridgehead atoms. The Kier molecular flexibility index (Phi) is 1.68. The first-order chi connectivity index (χ1) is 4.61. The lowest BCUT2D eigenvalue weighted by atomic mass is 10.1. The third kappa shape index (κ3) is 1.51. The standard InChI is InChI=1S/C7H9N2O/c1-7(2,10)6-3-4-8-5-9-6/h3-4,10H,1-2H3. The second-order valence-electron chi connectivity index (χ2n) is 2.60. The number of rotatable bonds is 1. The molecule has 0 saturated heterocycles. The van der Waals surface area contributed by atoms with Gasteiger partial charge in [0.25, 0.3) is 0 Å². The second kappa shape index (κ2) is 2.34.